The van der Waals surface area contributed by atoms with Gasteiger partial charge in [0.25, 0.3) is 15.9 Å². The first-order chi connectivity index (χ1) is 16.3. The van der Waals surface area contributed by atoms with Gasteiger partial charge in [-0.15, -0.1) is 5.10 Å². The second-order valence-corrected chi connectivity index (χ2v) is 9.31. The number of benzene rings is 3. The number of nitrogens with one attached hydrogen (secondary N) is 2. The molecule has 0 aliphatic heterocycles. The predicted octanol–water partition coefficient (Wildman–Crippen LogP) is 3.69. The molecule has 34 heavy (non-hydrogen) atoms. The monoisotopic (exact) mass is 498 g/mol. The van der Waals surface area contributed by atoms with E-state index in [0.29, 0.717) is 22.1 Å². The third kappa shape index (κ3) is 5.00. The minimum absolute atomic E-state index is 0.0968. The van der Waals surface area contributed by atoms with Crippen molar-refractivity contribution < 1.29 is 17.9 Å². The van der Waals surface area contributed by atoms with Crippen molar-refractivity contribution in [3.63, 3.8) is 0 Å². The lowest BCUT2D eigenvalue weighted by Gasteiger charge is -2.13. The van der Waals surface area contributed by atoms with Gasteiger partial charge in [0.1, 0.15) is 12.1 Å². The molecule has 3 aromatic carbocycles. The first-order valence-corrected chi connectivity index (χ1v) is 11.7. The number of hydrogen-bond donors (Lipinski definition) is 2. The Labute approximate surface area is 200 Å². The van der Waals surface area contributed by atoms with Crippen LogP contribution in [0.1, 0.15) is 15.9 Å². The lowest BCUT2D eigenvalue weighted by Crippen LogP contribution is -2.16. The van der Waals surface area contributed by atoms with Crippen molar-refractivity contribution in [2.24, 2.45) is 0 Å². The molecule has 0 fully saturated rings. The Hall–Kier alpha value is -3.96. The molecule has 2 N–H and O–H groups in total. The molecule has 174 valence electrons. The van der Waals surface area contributed by atoms with E-state index in [0.717, 1.165) is 5.56 Å². The highest BCUT2D eigenvalue weighted by atomic mass is 35.5. The van der Waals surface area contributed by atoms with E-state index < -0.39 is 15.9 Å². The normalized spacial score (nSPS) is 11.1. The van der Waals surface area contributed by atoms with Crippen molar-refractivity contribution in [3.8, 4) is 11.4 Å². The fraction of sp³-hybridized carbons (Fsp3) is 0.0909. The molecule has 1 amide bonds. The summed E-state index contributed by atoms with van der Waals surface area (Å²) in [5.41, 5.74) is 2.43. The molecule has 4 rings (SSSR count). The number of hydrogen-bond acceptors (Lipinski definition) is 7. The molecule has 0 aliphatic rings. The number of sulfonamides is 1. The molecule has 4 aromatic rings. The number of halogens is 1. The lowest BCUT2D eigenvalue weighted by atomic mass is 10.1. The van der Waals surface area contributed by atoms with Crippen LogP contribution in [0.5, 0.6) is 5.75 Å². The number of carbonyl (C=O) groups is 1. The highest BCUT2D eigenvalue weighted by molar-refractivity contribution is 7.92. The van der Waals surface area contributed by atoms with Crippen LogP contribution in [0.2, 0.25) is 5.02 Å². The smallest absolute Gasteiger partial charge is 0.262 e. The van der Waals surface area contributed by atoms with E-state index in [2.05, 4.69) is 25.6 Å². The Bertz CT molecular complexity index is 1460. The third-order valence-electron chi connectivity index (χ3n) is 4.88. The Morgan fingerprint density at radius 2 is 1.91 bits per heavy atom. The van der Waals surface area contributed by atoms with E-state index in [-0.39, 0.29) is 16.1 Å². The fourth-order valence-electron chi connectivity index (χ4n) is 3.18. The van der Waals surface area contributed by atoms with Crippen molar-refractivity contribution in [1.82, 2.24) is 20.2 Å². The van der Waals surface area contributed by atoms with E-state index in [1.165, 1.54) is 48.5 Å². The van der Waals surface area contributed by atoms with Crippen LogP contribution in [0.3, 0.4) is 0 Å². The highest BCUT2D eigenvalue weighted by Crippen LogP contribution is 2.30. The maximum Gasteiger partial charge on any atom is 0.262 e. The largest absolute Gasteiger partial charge is 0.495 e. The Kier molecular flexibility index (Phi) is 6.48. The summed E-state index contributed by atoms with van der Waals surface area (Å²) in [6.07, 6.45) is 1.45. The van der Waals surface area contributed by atoms with Crippen molar-refractivity contribution >= 4 is 38.9 Å². The van der Waals surface area contributed by atoms with Gasteiger partial charge in [0.05, 0.1) is 23.4 Å². The standard InChI is InChI=1S/C22H19ClN6O4S/c1-14-6-8-17(12-20(14)29-13-24-27-28-29)25-22(30)15-4-3-5-18(10-15)34(31,32)26-19-11-16(23)7-9-21(19)33-2/h3-13,26H,1-2H3,(H,25,30). The van der Waals surface area contributed by atoms with Crippen LogP contribution in [0, 0.1) is 6.92 Å². The van der Waals surface area contributed by atoms with Crippen LogP contribution in [0.4, 0.5) is 11.4 Å². The number of ether oxygens (including phenoxy) is 1. The minimum Gasteiger partial charge on any atom is -0.495 e. The number of aryl methyl sites for hydroxylation is 1. The van der Waals surface area contributed by atoms with Gasteiger partial charge >= 0.3 is 0 Å². The van der Waals surface area contributed by atoms with Gasteiger partial charge < -0.3 is 10.1 Å². The number of methoxy groups -OCH3 is 1. The quantitative estimate of drug-likeness (QED) is 0.397. The molecule has 10 nitrogen and oxygen atoms in total. The Balaban J connectivity index is 1.57. The van der Waals surface area contributed by atoms with Gasteiger partial charge in [-0.1, -0.05) is 23.7 Å². The van der Waals surface area contributed by atoms with E-state index in [1.54, 1.807) is 24.3 Å². The van der Waals surface area contributed by atoms with E-state index >= 15 is 0 Å². The summed E-state index contributed by atoms with van der Waals surface area (Å²) in [4.78, 5) is 12.8. The average Bonchev–Trinajstić information content (AvgIpc) is 3.35. The number of carbonyl (C=O) groups excluding carboxylic acids is 1. The van der Waals surface area contributed by atoms with Crippen molar-refractivity contribution in [3.05, 3.63) is 83.1 Å². The lowest BCUT2D eigenvalue weighted by molar-refractivity contribution is 0.102. The van der Waals surface area contributed by atoms with Crippen LogP contribution in [-0.2, 0) is 10.0 Å². The number of nitrogens with zero attached hydrogens (tertiary/aromatic N) is 4. The van der Waals surface area contributed by atoms with Crippen LogP contribution in [-0.4, -0.2) is 41.6 Å². The zero-order valence-corrected chi connectivity index (χ0v) is 19.6. The maximum atomic E-state index is 13.0. The highest BCUT2D eigenvalue weighted by Gasteiger charge is 2.19. The topological polar surface area (TPSA) is 128 Å². The molecule has 0 unspecified atom stereocenters. The first kappa shape index (κ1) is 23.2. The molecule has 0 bridgehead atoms. The molecule has 0 radical (unpaired) electrons. The molecule has 0 saturated carbocycles. The van der Waals surface area contributed by atoms with E-state index in [4.69, 9.17) is 16.3 Å². The third-order valence-corrected chi connectivity index (χ3v) is 6.47. The van der Waals surface area contributed by atoms with Gasteiger partial charge in [0.2, 0.25) is 0 Å². The van der Waals surface area contributed by atoms with Gasteiger partial charge in [0, 0.05) is 16.3 Å². The van der Waals surface area contributed by atoms with Crippen molar-refractivity contribution in [2.45, 2.75) is 11.8 Å². The summed E-state index contributed by atoms with van der Waals surface area (Å²) in [5.74, 6) is -0.177. The molecule has 0 saturated heterocycles. The van der Waals surface area contributed by atoms with Crippen LogP contribution < -0.4 is 14.8 Å². The number of anilines is 2. The molecule has 12 heteroatoms. The zero-order chi connectivity index (χ0) is 24.3. The number of aromatic nitrogens is 4. The van der Waals surface area contributed by atoms with Gasteiger partial charge in [-0.3, -0.25) is 9.52 Å². The number of rotatable bonds is 7. The van der Waals surface area contributed by atoms with Crippen LogP contribution >= 0.6 is 11.6 Å². The molecular weight excluding hydrogens is 480 g/mol. The number of tetrazole rings is 1. The fourth-order valence-corrected chi connectivity index (χ4v) is 4.46. The van der Waals surface area contributed by atoms with E-state index in [9.17, 15) is 13.2 Å². The van der Waals surface area contributed by atoms with Gasteiger partial charge in [-0.2, -0.15) is 0 Å². The minimum atomic E-state index is -4.03. The first-order valence-electron chi connectivity index (χ1n) is 9.88. The molecule has 1 aromatic heterocycles. The summed E-state index contributed by atoms with van der Waals surface area (Å²) in [7, 11) is -2.61. The summed E-state index contributed by atoms with van der Waals surface area (Å²) < 4.78 is 35.1. The van der Waals surface area contributed by atoms with Gasteiger partial charge in [0.15, 0.2) is 0 Å². The summed E-state index contributed by atoms with van der Waals surface area (Å²) in [6.45, 7) is 1.89. The van der Waals surface area contributed by atoms with Gasteiger partial charge in [-0.25, -0.2) is 13.1 Å². The molecule has 0 aliphatic carbocycles. The molecule has 0 spiro atoms. The molecule has 1 heterocycles. The van der Waals surface area contributed by atoms with Crippen LogP contribution in [0.25, 0.3) is 5.69 Å². The summed E-state index contributed by atoms with van der Waals surface area (Å²) in [6, 6.07) is 15.5. The molecular formula is C22H19ClN6O4S. The Morgan fingerprint density at radius 1 is 1.09 bits per heavy atom. The summed E-state index contributed by atoms with van der Waals surface area (Å²) in [5, 5.41) is 14.2. The zero-order valence-electron chi connectivity index (χ0n) is 18.1. The van der Waals surface area contributed by atoms with Crippen molar-refractivity contribution in [2.75, 3.05) is 17.1 Å². The van der Waals surface area contributed by atoms with Crippen LogP contribution in [0.15, 0.2) is 71.9 Å². The predicted molar refractivity (Wildman–Crippen MR) is 127 cm³/mol. The van der Waals surface area contributed by atoms with Crippen molar-refractivity contribution in [1.29, 1.82) is 0 Å². The maximum absolute atomic E-state index is 13.0. The second-order valence-electron chi connectivity index (χ2n) is 7.19. The van der Waals surface area contributed by atoms with E-state index in [1.807, 2.05) is 13.0 Å². The summed E-state index contributed by atoms with van der Waals surface area (Å²) >= 11 is 5.99. The Morgan fingerprint density at radius 3 is 2.65 bits per heavy atom. The number of amides is 1. The van der Waals surface area contributed by atoms with Gasteiger partial charge in [-0.05, 0) is 71.4 Å². The average molecular weight is 499 g/mol. The second kappa shape index (κ2) is 9.49. The molecule has 0 atom stereocenters. The SMILES string of the molecule is COc1ccc(Cl)cc1NS(=O)(=O)c1cccc(C(=O)Nc2ccc(C)c(-n3cnnn3)c2)c1.